The maximum atomic E-state index is 13.3. The average molecular weight is 272 g/mol. The SMILES string of the molecule is COC(=O)C(CNc1cc(F)ccc1F)NC(C)=O. The van der Waals surface area contributed by atoms with E-state index in [-0.39, 0.29) is 12.2 Å². The number of rotatable bonds is 5. The fourth-order valence-corrected chi connectivity index (χ4v) is 1.43. The van der Waals surface area contributed by atoms with Crippen molar-refractivity contribution in [3.63, 3.8) is 0 Å². The number of hydrogen-bond donors (Lipinski definition) is 2. The van der Waals surface area contributed by atoms with Crippen LogP contribution < -0.4 is 10.6 Å². The second-order valence-corrected chi connectivity index (χ2v) is 3.78. The largest absolute Gasteiger partial charge is 0.467 e. The summed E-state index contributed by atoms with van der Waals surface area (Å²) in [6, 6.07) is 1.91. The normalized spacial score (nSPS) is 11.6. The Kier molecular flexibility index (Phi) is 5.23. The van der Waals surface area contributed by atoms with Crippen molar-refractivity contribution in [2.45, 2.75) is 13.0 Å². The van der Waals surface area contributed by atoms with Gasteiger partial charge in [-0.2, -0.15) is 0 Å². The molecule has 0 aliphatic heterocycles. The number of hydrogen-bond acceptors (Lipinski definition) is 4. The van der Waals surface area contributed by atoms with Crippen molar-refractivity contribution in [2.75, 3.05) is 19.0 Å². The van der Waals surface area contributed by atoms with Gasteiger partial charge in [0, 0.05) is 13.5 Å². The number of methoxy groups -OCH3 is 1. The smallest absolute Gasteiger partial charge is 0.330 e. The average Bonchev–Trinajstić information content (AvgIpc) is 2.36. The number of carbonyl (C=O) groups excluding carboxylic acids is 2. The topological polar surface area (TPSA) is 67.4 Å². The summed E-state index contributed by atoms with van der Waals surface area (Å²) in [4.78, 5) is 22.3. The third kappa shape index (κ3) is 4.53. The van der Waals surface area contributed by atoms with Crippen molar-refractivity contribution in [3.05, 3.63) is 29.8 Å². The van der Waals surface area contributed by atoms with Crippen LogP contribution in [0.3, 0.4) is 0 Å². The quantitative estimate of drug-likeness (QED) is 0.786. The van der Waals surface area contributed by atoms with Gasteiger partial charge in [-0.3, -0.25) is 4.79 Å². The van der Waals surface area contributed by atoms with Gasteiger partial charge in [0.25, 0.3) is 0 Å². The number of nitrogens with one attached hydrogen (secondary N) is 2. The van der Waals surface area contributed by atoms with Crippen LogP contribution in [-0.4, -0.2) is 31.6 Å². The van der Waals surface area contributed by atoms with Crippen molar-refractivity contribution in [1.29, 1.82) is 0 Å². The lowest BCUT2D eigenvalue weighted by Gasteiger charge is -2.17. The summed E-state index contributed by atoms with van der Waals surface area (Å²) >= 11 is 0. The molecule has 104 valence electrons. The summed E-state index contributed by atoms with van der Waals surface area (Å²) in [6.45, 7) is 1.12. The molecule has 5 nitrogen and oxygen atoms in total. The number of carbonyl (C=O) groups is 2. The molecule has 1 unspecified atom stereocenters. The summed E-state index contributed by atoms with van der Waals surface area (Å²) in [5.41, 5.74) is -0.0979. The van der Waals surface area contributed by atoms with Crippen molar-refractivity contribution in [1.82, 2.24) is 5.32 Å². The summed E-state index contributed by atoms with van der Waals surface area (Å²) < 4.78 is 30.8. The van der Waals surface area contributed by atoms with Crippen molar-refractivity contribution in [3.8, 4) is 0 Å². The van der Waals surface area contributed by atoms with Gasteiger partial charge >= 0.3 is 5.97 Å². The van der Waals surface area contributed by atoms with E-state index in [2.05, 4.69) is 15.4 Å². The molecule has 0 spiro atoms. The van der Waals surface area contributed by atoms with Gasteiger partial charge in [-0.25, -0.2) is 13.6 Å². The minimum Gasteiger partial charge on any atom is -0.467 e. The standard InChI is InChI=1S/C12H14F2N2O3/c1-7(17)16-11(12(18)19-2)6-15-10-5-8(13)3-4-9(10)14/h3-5,11,15H,6H2,1-2H3,(H,16,17). The molecule has 1 aromatic rings. The van der Waals surface area contributed by atoms with Crippen LogP contribution in [0.5, 0.6) is 0 Å². The van der Waals surface area contributed by atoms with E-state index in [0.717, 1.165) is 18.2 Å². The van der Waals surface area contributed by atoms with Crippen LogP contribution in [0.25, 0.3) is 0 Å². The van der Waals surface area contributed by atoms with Gasteiger partial charge in [-0.1, -0.05) is 0 Å². The van der Waals surface area contributed by atoms with Gasteiger partial charge in [-0.05, 0) is 18.2 Å². The highest BCUT2D eigenvalue weighted by atomic mass is 19.1. The van der Waals surface area contributed by atoms with Crippen LogP contribution in [0.4, 0.5) is 14.5 Å². The van der Waals surface area contributed by atoms with Crippen LogP contribution in [-0.2, 0) is 14.3 Å². The lowest BCUT2D eigenvalue weighted by molar-refractivity contribution is -0.144. The van der Waals surface area contributed by atoms with E-state index in [1.807, 2.05) is 0 Å². The molecule has 0 bridgehead atoms. The molecule has 0 saturated heterocycles. The van der Waals surface area contributed by atoms with Crippen LogP contribution in [0.2, 0.25) is 0 Å². The van der Waals surface area contributed by atoms with Crippen molar-refractivity contribution >= 4 is 17.6 Å². The van der Waals surface area contributed by atoms with Gasteiger partial charge < -0.3 is 15.4 Å². The van der Waals surface area contributed by atoms with Crippen LogP contribution in [0.15, 0.2) is 18.2 Å². The zero-order valence-electron chi connectivity index (χ0n) is 10.5. The van der Waals surface area contributed by atoms with Crippen molar-refractivity contribution < 1.29 is 23.1 Å². The molecule has 0 aliphatic carbocycles. The number of halogens is 2. The molecule has 2 N–H and O–H groups in total. The van der Waals surface area contributed by atoms with E-state index in [9.17, 15) is 18.4 Å². The number of benzene rings is 1. The molecule has 0 heterocycles. The Labute approximate surface area is 108 Å². The van der Waals surface area contributed by atoms with Gasteiger partial charge in [-0.15, -0.1) is 0 Å². The van der Waals surface area contributed by atoms with E-state index in [0.29, 0.717) is 0 Å². The first-order valence-corrected chi connectivity index (χ1v) is 5.48. The molecule has 1 aromatic carbocycles. The minimum absolute atomic E-state index is 0.0979. The Bertz CT molecular complexity index is 480. The van der Waals surface area contributed by atoms with E-state index in [1.165, 1.54) is 14.0 Å². The predicted molar refractivity (Wildman–Crippen MR) is 64.5 cm³/mol. The van der Waals surface area contributed by atoms with Gasteiger partial charge in [0.1, 0.15) is 17.7 Å². The molecule has 19 heavy (non-hydrogen) atoms. The minimum atomic E-state index is -0.981. The highest BCUT2D eigenvalue weighted by Crippen LogP contribution is 2.15. The van der Waals surface area contributed by atoms with Gasteiger partial charge in [0.2, 0.25) is 5.91 Å². The van der Waals surface area contributed by atoms with Gasteiger partial charge in [0.05, 0.1) is 12.8 Å². The van der Waals surface area contributed by atoms with E-state index >= 15 is 0 Å². The lowest BCUT2D eigenvalue weighted by atomic mass is 10.2. The number of anilines is 1. The third-order valence-electron chi connectivity index (χ3n) is 2.29. The molecule has 1 amide bonds. The van der Waals surface area contributed by atoms with E-state index in [1.54, 1.807) is 0 Å². The molecule has 1 rings (SSSR count). The van der Waals surface area contributed by atoms with Gasteiger partial charge in [0.15, 0.2) is 0 Å². The Balaban J connectivity index is 2.72. The predicted octanol–water partition coefficient (Wildman–Crippen LogP) is 1.05. The summed E-state index contributed by atoms with van der Waals surface area (Å²) in [7, 11) is 1.17. The molecule has 0 fully saturated rings. The highest BCUT2D eigenvalue weighted by Gasteiger charge is 2.20. The molecule has 0 saturated carbocycles. The molecule has 0 radical (unpaired) electrons. The second-order valence-electron chi connectivity index (χ2n) is 3.78. The monoisotopic (exact) mass is 272 g/mol. The molecule has 0 aromatic heterocycles. The van der Waals surface area contributed by atoms with Crippen LogP contribution >= 0.6 is 0 Å². The summed E-state index contributed by atoms with van der Waals surface area (Å²) in [5, 5.41) is 4.89. The van der Waals surface area contributed by atoms with E-state index in [4.69, 9.17) is 0 Å². The zero-order chi connectivity index (χ0) is 14.4. The maximum absolute atomic E-state index is 13.3. The number of amides is 1. The summed E-state index contributed by atoms with van der Waals surface area (Å²) in [5.74, 6) is -2.39. The number of esters is 1. The molecular weight excluding hydrogens is 258 g/mol. The number of ether oxygens (including phenoxy) is 1. The fraction of sp³-hybridized carbons (Fsp3) is 0.333. The molecule has 7 heteroatoms. The lowest BCUT2D eigenvalue weighted by Crippen LogP contribution is -2.45. The van der Waals surface area contributed by atoms with Crippen LogP contribution in [0, 0.1) is 11.6 Å². The highest BCUT2D eigenvalue weighted by molar-refractivity contribution is 5.83. The third-order valence-corrected chi connectivity index (χ3v) is 2.29. The second kappa shape index (κ2) is 6.67. The summed E-state index contributed by atoms with van der Waals surface area (Å²) in [6.07, 6.45) is 0. The fourth-order valence-electron chi connectivity index (χ4n) is 1.43. The van der Waals surface area contributed by atoms with Crippen LogP contribution in [0.1, 0.15) is 6.92 Å². The first-order chi connectivity index (χ1) is 8.93. The Hall–Kier alpha value is -2.18. The molecule has 1 atom stereocenters. The first kappa shape index (κ1) is 14.9. The Morgan fingerprint density at radius 3 is 2.63 bits per heavy atom. The first-order valence-electron chi connectivity index (χ1n) is 5.48. The molecule has 0 aliphatic rings. The zero-order valence-corrected chi connectivity index (χ0v) is 10.5. The Morgan fingerprint density at radius 1 is 1.37 bits per heavy atom. The Morgan fingerprint density at radius 2 is 2.05 bits per heavy atom. The van der Waals surface area contributed by atoms with E-state index < -0.39 is 29.6 Å². The van der Waals surface area contributed by atoms with Crippen molar-refractivity contribution in [2.24, 2.45) is 0 Å². The molecular formula is C12H14F2N2O3. The maximum Gasteiger partial charge on any atom is 0.330 e.